The molecule has 1 saturated carbocycles. The topological polar surface area (TPSA) is 107 Å². The number of rotatable bonds is 3. The second-order valence-electron chi connectivity index (χ2n) is 7.74. The van der Waals surface area contributed by atoms with E-state index < -0.39 is 12.0 Å². The standard InChI is InChI=1S/C18H23N5O4/c1-9-12-13(27-18(2,3)26-12)16(24-9)23-8-20-11-14(19)21-17(22-15(11)23)25-10-6-4-5-7-10/h8,10,12-13,16H,1,4-7H2,2-3H3,(H2,19,21,22)/t12-,13-,16-/m1/s1. The minimum atomic E-state index is -0.707. The van der Waals surface area contributed by atoms with Gasteiger partial charge in [0.2, 0.25) is 6.23 Å². The highest BCUT2D eigenvalue weighted by atomic mass is 16.8. The number of ether oxygens (including phenoxy) is 4. The van der Waals surface area contributed by atoms with Gasteiger partial charge < -0.3 is 24.7 Å². The minimum absolute atomic E-state index is 0.137. The highest BCUT2D eigenvalue weighted by molar-refractivity contribution is 5.82. The largest absolute Gasteiger partial charge is 0.469 e. The summed E-state index contributed by atoms with van der Waals surface area (Å²) in [5.41, 5.74) is 7.15. The molecule has 27 heavy (non-hydrogen) atoms. The van der Waals surface area contributed by atoms with Crippen LogP contribution in [0.25, 0.3) is 11.2 Å². The average molecular weight is 373 g/mol. The maximum atomic E-state index is 6.10. The van der Waals surface area contributed by atoms with Crippen LogP contribution in [0, 0.1) is 0 Å². The number of imidazole rings is 1. The fourth-order valence-electron chi connectivity index (χ4n) is 4.06. The van der Waals surface area contributed by atoms with Crippen molar-refractivity contribution in [3.8, 4) is 6.01 Å². The molecule has 2 aliphatic heterocycles. The monoisotopic (exact) mass is 373 g/mol. The van der Waals surface area contributed by atoms with Crippen molar-refractivity contribution < 1.29 is 18.9 Å². The van der Waals surface area contributed by atoms with E-state index in [2.05, 4.69) is 21.5 Å². The molecule has 4 heterocycles. The molecule has 0 radical (unpaired) electrons. The Labute approximate surface area is 156 Å². The van der Waals surface area contributed by atoms with Crippen LogP contribution in [0.4, 0.5) is 5.82 Å². The molecule has 2 aromatic heterocycles. The summed E-state index contributed by atoms with van der Waals surface area (Å²) in [5, 5.41) is 0. The van der Waals surface area contributed by atoms with Crippen molar-refractivity contribution in [2.24, 2.45) is 0 Å². The molecule has 3 fully saturated rings. The summed E-state index contributed by atoms with van der Waals surface area (Å²) in [6, 6.07) is 0.269. The zero-order valence-corrected chi connectivity index (χ0v) is 15.4. The van der Waals surface area contributed by atoms with Gasteiger partial charge in [0, 0.05) is 0 Å². The van der Waals surface area contributed by atoms with Gasteiger partial charge in [-0.2, -0.15) is 9.97 Å². The Morgan fingerprint density at radius 3 is 2.81 bits per heavy atom. The van der Waals surface area contributed by atoms with Crippen molar-refractivity contribution in [1.29, 1.82) is 0 Å². The van der Waals surface area contributed by atoms with Crippen LogP contribution in [-0.4, -0.2) is 43.6 Å². The van der Waals surface area contributed by atoms with Gasteiger partial charge in [0.15, 0.2) is 28.9 Å². The van der Waals surface area contributed by atoms with E-state index in [-0.39, 0.29) is 30.1 Å². The molecule has 2 saturated heterocycles. The van der Waals surface area contributed by atoms with E-state index in [0.717, 1.165) is 25.7 Å². The molecule has 1 aliphatic carbocycles. The second kappa shape index (κ2) is 5.80. The van der Waals surface area contributed by atoms with Crippen molar-refractivity contribution in [1.82, 2.24) is 19.5 Å². The molecule has 9 nitrogen and oxygen atoms in total. The van der Waals surface area contributed by atoms with E-state index in [1.165, 1.54) is 0 Å². The van der Waals surface area contributed by atoms with E-state index in [9.17, 15) is 0 Å². The third-order valence-corrected chi connectivity index (χ3v) is 5.28. The molecular weight excluding hydrogens is 350 g/mol. The van der Waals surface area contributed by atoms with Crippen LogP contribution in [0.5, 0.6) is 6.01 Å². The number of fused-ring (bicyclic) bond motifs is 2. The van der Waals surface area contributed by atoms with Crippen LogP contribution in [-0.2, 0) is 14.2 Å². The normalized spacial score (nSPS) is 30.0. The van der Waals surface area contributed by atoms with Gasteiger partial charge in [-0.05, 0) is 39.5 Å². The SMILES string of the molecule is C=C1O[C@@H](n2cnc3c(N)nc(OC4CCCC4)nc32)[C@@H]2OC(C)(C)O[C@H]12. The predicted molar refractivity (Wildman–Crippen MR) is 95.7 cm³/mol. The third kappa shape index (κ3) is 2.72. The van der Waals surface area contributed by atoms with E-state index >= 15 is 0 Å². The quantitative estimate of drug-likeness (QED) is 0.873. The van der Waals surface area contributed by atoms with Crippen LogP contribution >= 0.6 is 0 Å². The van der Waals surface area contributed by atoms with E-state index in [1.807, 2.05) is 13.8 Å². The first kappa shape index (κ1) is 16.8. The van der Waals surface area contributed by atoms with Crippen molar-refractivity contribution in [2.75, 3.05) is 5.73 Å². The molecule has 3 aliphatic rings. The maximum Gasteiger partial charge on any atom is 0.320 e. The van der Waals surface area contributed by atoms with Crippen molar-refractivity contribution in [3.63, 3.8) is 0 Å². The van der Waals surface area contributed by atoms with Crippen LogP contribution in [0.2, 0.25) is 0 Å². The molecule has 0 bridgehead atoms. The summed E-state index contributed by atoms with van der Waals surface area (Å²) >= 11 is 0. The van der Waals surface area contributed by atoms with Gasteiger partial charge >= 0.3 is 6.01 Å². The minimum Gasteiger partial charge on any atom is -0.469 e. The lowest BCUT2D eigenvalue weighted by Crippen LogP contribution is -2.27. The molecule has 2 N–H and O–H groups in total. The van der Waals surface area contributed by atoms with Crippen LogP contribution in [0.3, 0.4) is 0 Å². The summed E-state index contributed by atoms with van der Waals surface area (Å²) < 4.78 is 25.6. The Kier molecular flexibility index (Phi) is 3.60. The molecule has 144 valence electrons. The number of hydrogen-bond donors (Lipinski definition) is 1. The van der Waals surface area contributed by atoms with Crippen molar-refractivity contribution in [3.05, 3.63) is 18.7 Å². The molecule has 0 spiro atoms. The molecular formula is C18H23N5O4. The Hall–Kier alpha value is -2.39. The molecule has 5 rings (SSSR count). The number of nitrogens with two attached hydrogens (primary N) is 1. The number of aromatic nitrogens is 4. The van der Waals surface area contributed by atoms with Crippen LogP contribution in [0.15, 0.2) is 18.7 Å². The molecule has 0 amide bonds. The first-order chi connectivity index (χ1) is 12.9. The zero-order chi connectivity index (χ0) is 18.8. The lowest BCUT2D eigenvalue weighted by molar-refractivity contribution is -0.173. The fourth-order valence-corrected chi connectivity index (χ4v) is 4.06. The maximum absolute atomic E-state index is 6.10. The Balaban J connectivity index is 1.51. The molecule has 3 atom stereocenters. The summed E-state index contributed by atoms with van der Waals surface area (Å²) in [6.07, 6.45) is 4.93. The predicted octanol–water partition coefficient (Wildman–Crippen LogP) is 2.29. The number of hydrogen-bond acceptors (Lipinski definition) is 8. The second-order valence-corrected chi connectivity index (χ2v) is 7.74. The fraction of sp³-hybridized carbons (Fsp3) is 0.611. The van der Waals surface area contributed by atoms with Gasteiger partial charge in [-0.3, -0.25) is 4.57 Å². The van der Waals surface area contributed by atoms with E-state index in [4.69, 9.17) is 24.7 Å². The first-order valence-corrected chi connectivity index (χ1v) is 9.29. The summed E-state index contributed by atoms with van der Waals surface area (Å²) in [7, 11) is 0. The number of nitrogens with zero attached hydrogens (tertiary/aromatic N) is 4. The van der Waals surface area contributed by atoms with Gasteiger partial charge in [-0.15, -0.1) is 0 Å². The lowest BCUT2D eigenvalue weighted by atomic mass is 10.2. The van der Waals surface area contributed by atoms with Gasteiger partial charge in [0.05, 0.1) is 0 Å². The average Bonchev–Trinajstić information content (AvgIpc) is 3.34. The highest BCUT2D eigenvalue weighted by Crippen LogP contribution is 2.45. The molecule has 9 heteroatoms. The van der Waals surface area contributed by atoms with Crippen LogP contribution in [0.1, 0.15) is 45.8 Å². The Morgan fingerprint density at radius 2 is 2.04 bits per heavy atom. The molecule has 0 unspecified atom stereocenters. The summed E-state index contributed by atoms with van der Waals surface area (Å²) in [5.74, 6) is 0.104. The van der Waals surface area contributed by atoms with Gasteiger partial charge in [0.25, 0.3) is 0 Å². The molecule has 2 aromatic rings. The van der Waals surface area contributed by atoms with Crippen molar-refractivity contribution >= 4 is 17.0 Å². The third-order valence-electron chi connectivity index (χ3n) is 5.28. The lowest BCUT2D eigenvalue weighted by Gasteiger charge is -2.23. The summed E-state index contributed by atoms with van der Waals surface area (Å²) in [4.78, 5) is 13.2. The molecule has 0 aromatic carbocycles. The van der Waals surface area contributed by atoms with Gasteiger partial charge in [0.1, 0.15) is 24.3 Å². The van der Waals surface area contributed by atoms with Gasteiger partial charge in [-0.25, -0.2) is 4.98 Å². The summed E-state index contributed by atoms with van der Waals surface area (Å²) in [6.45, 7) is 7.70. The number of nitrogen functional groups attached to an aromatic ring is 1. The Bertz CT molecular complexity index is 905. The zero-order valence-electron chi connectivity index (χ0n) is 15.4. The highest BCUT2D eigenvalue weighted by Gasteiger charge is 2.54. The van der Waals surface area contributed by atoms with E-state index in [0.29, 0.717) is 16.9 Å². The number of anilines is 1. The van der Waals surface area contributed by atoms with Gasteiger partial charge in [-0.1, -0.05) is 6.58 Å². The smallest absolute Gasteiger partial charge is 0.320 e. The van der Waals surface area contributed by atoms with Crippen molar-refractivity contribution in [2.45, 2.75) is 69.9 Å². The van der Waals surface area contributed by atoms with E-state index in [1.54, 1.807) is 10.9 Å². The first-order valence-electron chi connectivity index (χ1n) is 9.29. The Morgan fingerprint density at radius 1 is 1.26 bits per heavy atom. The van der Waals surface area contributed by atoms with Crippen LogP contribution < -0.4 is 10.5 Å².